The van der Waals surface area contributed by atoms with Crippen LogP contribution in [0.3, 0.4) is 0 Å². The van der Waals surface area contributed by atoms with Gasteiger partial charge >= 0.3 is 6.18 Å². The lowest BCUT2D eigenvalue weighted by molar-refractivity contribution is -0.138. The van der Waals surface area contributed by atoms with Crippen molar-refractivity contribution in [3.8, 4) is 0 Å². The van der Waals surface area contributed by atoms with E-state index in [-0.39, 0.29) is 23.4 Å². The first kappa shape index (κ1) is 21.8. The maximum Gasteiger partial charge on any atom is 0.417 e. The number of piperazine rings is 1. The molecule has 5 rings (SSSR count). The zero-order chi connectivity index (χ0) is 22.4. The average molecular weight is 460 g/mol. The Bertz CT molecular complexity index is 896. The maximum absolute atomic E-state index is 14.4. The number of halogens is 4. The summed E-state index contributed by atoms with van der Waals surface area (Å²) in [6, 6.07) is 0.451. The summed E-state index contributed by atoms with van der Waals surface area (Å²) in [7, 11) is 0. The fraction of sp³-hybridized carbons (Fsp3) is 0.773. The van der Waals surface area contributed by atoms with Crippen molar-refractivity contribution in [2.45, 2.75) is 58.4 Å². The standard InChI is InChI=1S/C22H29F4N3OS/c1-13-11-28(6-7-29(13)18-15(23)8-14(10-27-18)22(24,25)26)31-12-20-4-5-21(20)16(9-17(20)30)19(21,2)3/h8,10,13,16-17,30H,4-7,9,11-12H2,1-3H3/t13?,16-,17+,20?,21?/m1/s1. The molecule has 4 aliphatic rings. The van der Waals surface area contributed by atoms with Crippen molar-refractivity contribution in [3.05, 3.63) is 23.6 Å². The topological polar surface area (TPSA) is 39.6 Å². The average Bonchev–Trinajstić information content (AvgIpc) is 3.10. The summed E-state index contributed by atoms with van der Waals surface area (Å²) in [5.74, 6) is 0.576. The van der Waals surface area contributed by atoms with E-state index in [2.05, 4.69) is 23.1 Å². The molecule has 0 amide bonds. The summed E-state index contributed by atoms with van der Waals surface area (Å²) < 4.78 is 55.1. The zero-order valence-electron chi connectivity index (χ0n) is 18.0. The number of nitrogens with zero attached hydrogens (tertiary/aromatic N) is 3. The van der Waals surface area contributed by atoms with Gasteiger partial charge in [0, 0.05) is 43.0 Å². The molecule has 2 heterocycles. The zero-order valence-corrected chi connectivity index (χ0v) is 18.9. The Hall–Kier alpha value is -1.06. The van der Waals surface area contributed by atoms with Gasteiger partial charge in [0.1, 0.15) is 0 Å². The second-order valence-electron chi connectivity index (χ2n) is 10.4. The van der Waals surface area contributed by atoms with E-state index in [4.69, 9.17) is 0 Å². The fourth-order valence-electron chi connectivity index (χ4n) is 7.23. The highest BCUT2D eigenvalue weighted by molar-refractivity contribution is 7.97. The third-order valence-electron chi connectivity index (χ3n) is 9.00. The molecular weight excluding hydrogens is 430 g/mol. The summed E-state index contributed by atoms with van der Waals surface area (Å²) in [6.07, 6.45) is -0.919. The van der Waals surface area contributed by atoms with Gasteiger partial charge in [0.15, 0.2) is 11.6 Å². The molecule has 0 aromatic carbocycles. The van der Waals surface area contributed by atoms with E-state index < -0.39 is 17.6 Å². The van der Waals surface area contributed by atoms with E-state index in [0.29, 0.717) is 48.6 Å². The van der Waals surface area contributed by atoms with Gasteiger partial charge in [-0.15, -0.1) is 0 Å². The quantitative estimate of drug-likeness (QED) is 0.527. The first-order valence-electron chi connectivity index (χ1n) is 11.0. The van der Waals surface area contributed by atoms with Crippen molar-refractivity contribution in [2.24, 2.45) is 22.2 Å². The molecule has 31 heavy (non-hydrogen) atoms. The molecule has 172 valence electrons. The number of aliphatic hydroxyl groups excluding tert-OH is 1. The van der Waals surface area contributed by atoms with Crippen molar-refractivity contribution in [3.63, 3.8) is 0 Å². The highest BCUT2D eigenvalue weighted by Gasteiger charge is 2.87. The van der Waals surface area contributed by atoms with Gasteiger partial charge in [-0.2, -0.15) is 13.2 Å². The molecule has 3 unspecified atom stereocenters. The van der Waals surface area contributed by atoms with Crippen LogP contribution in [-0.2, 0) is 6.18 Å². The number of hydrogen-bond acceptors (Lipinski definition) is 5. The fourth-order valence-corrected chi connectivity index (χ4v) is 8.77. The minimum atomic E-state index is -4.61. The Morgan fingerprint density at radius 3 is 2.58 bits per heavy atom. The number of rotatable bonds is 4. The molecule has 9 heteroatoms. The predicted octanol–water partition coefficient (Wildman–Crippen LogP) is 4.59. The number of hydrogen-bond donors (Lipinski definition) is 1. The summed E-state index contributed by atoms with van der Waals surface area (Å²) in [5, 5.41) is 10.8. The number of aliphatic hydroxyl groups is 1. The predicted molar refractivity (Wildman–Crippen MR) is 112 cm³/mol. The summed E-state index contributed by atoms with van der Waals surface area (Å²) in [5.41, 5.74) is -0.441. The lowest BCUT2D eigenvalue weighted by Gasteiger charge is -2.54. The van der Waals surface area contributed by atoms with Gasteiger partial charge in [0.25, 0.3) is 0 Å². The second kappa shape index (κ2) is 6.73. The number of pyridine rings is 1. The van der Waals surface area contributed by atoms with Crippen LogP contribution in [0.5, 0.6) is 0 Å². The van der Waals surface area contributed by atoms with E-state index in [1.54, 1.807) is 16.8 Å². The SMILES string of the molecule is CC1CN(SCC23CCC24[C@H](C[C@@H]3O)C4(C)C)CCN1c1ncc(C(F)(F)F)cc1F. The molecular formula is C22H29F4N3OS. The second-order valence-corrected chi connectivity index (χ2v) is 11.4. The normalized spacial score (nSPS) is 39.1. The molecule has 3 aliphatic carbocycles. The molecule has 4 fully saturated rings. The van der Waals surface area contributed by atoms with Crippen LogP contribution in [0.25, 0.3) is 0 Å². The van der Waals surface area contributed by atoms with Crippen LogP contribution in [0.15, 0.2) is 12.3 Å². The van der Waals surface area contributed by atoms with Crippen molar-refractivity contribution >= 4 is 17.8 Å². The molecule has 3 saturated carbocycles. The van der Waals surface area contributed by atoms with Crippen molar-refractivity contribution in [2.75, 3.05) is 30.3 Å². The van der Waals surface area contributed by atoms with Gasteiger partial charge in [0.05, 0.1) is 11.7 Å². The van der Waals surface area contributed by atoms with Crippen LogP contribution in [0, 0.1) is 28.0 Å². The number of alkyl halides is 3. The van der Waals surface area contributed by atoms with E-state index in [9.17, 15) is 22.7 Å². The Labute approximate surface area is 184 Å². The largest absolute Gasteiger partial charge is 0.417 e. The van der Waals surface area contributed by atoms with Crippen LogP contribution in [0.2, 0.25) is 0 Å². The van der Waals surface area contributed by atoms with E-state index in [1.165, 1.54) is 6.42 Å². The molecule has 0 bridgehead atoms. The highest BCUT2D eigenvalue weighted by Crippen LogP contribution is 2.90. The molecule has 1 aromatic heterocycles. The Morgan fingerprint density at radius 2 is 2.00 bits per heavy atom. The minimum absolute atomic E-state index is 0.00724. The van der Waals surface area contributed by atoms with Gasteiger partial charge in [-0.3, -0.25) is 0 Å². The third kappa shape index (κ3) is 2.84. The van der Waals surface area contributed by atoms with Crippen LogP contribution in [-0.4, -0.2) is 51.9 Å². The summed E-state index contributed by atoms with van der Waals surface area (Å²) >= 11 is 1.77. The van der Waals surface area contributed by atoms with E-state index in [1.807, 2.05) is 6.92 Å². The van der Waals surface area contributed by atoms with Gasteiger partial charge in [0.2, 0.25) is 0 Å². The lowest BCUT2D eigenvalue weighted by atomic mass is 9.54. The molecule has 5 atom stereocenters. The smallest absolute Gasteiger partial charge is 0.392 e. The van der Waals surface area contributed by atoms with Crippen LogP contribution in [0.4, 0.5) is 23.4 Å². The summed E-state index contributed by atoms with van der Waals surface area (Å²) in [6.45, 7) is 8.46. The first-order chi connectivity index (χ1) is 14.4. The number of aromatic nitrogens is 1. The van der Waals surface area contributed by atoms with E-state index in [0.717, 1.165) is 18.6 Å². The molecule has 1 saturated heterocycles. The molecule has 1 N–H and O–H groups in total. The molecule has 1 spiro atoms. The van der Waals surface area contributed by atoms with E-state index >= 15 is 0 Å². The highest BCUT2D eigenvalue weighted by atomic mass is 32.2. The monoisotopic (exact) mass is 459 g/mol. The minimum Gasteiger partial charge on any atom is -0.392 e. The lowest BCUT2D eigenvalue weighted by Crippen LogP contribution is -2.54. The third-order valence-corrected chi connectivity index (χ3v) is 10.3. The Kier molecular flexibility index (Phi) is 4.73. The first-order valence-corrected chi connectivity index (χ1v) is 11.9. The van der Waals surface area contributed by atoms with Gasteiger partial charge in [-0.05, 0) is 49.0 Å². The Balaban J connectivity index is 1.23. The Morgan fingerprint density at radius 1 is 1.26 bits per heavy atom. The molecule has 4 nitrogen and oxygen atoms in total. The number of anilines is 1. The maximum atomic E-state index is 14.4. The van der Waals surface area contributed by atoms with Crippen LogP contribution in [0.1, 0.15) is 45.6 Å². The van der Waals surface area contributed by atoms with Crippen molar-refractivity contribution < 1.29 is 22.7 Å². The molecule has 1 aliphatic heterocycles. The molecule has 1 aromatic rings. The van der Waals surface area contributed by atoms with Gasteiger partial charge in [-0.1, -0.05) is 25.8 Å². The molecule has 0 radical (unpaired) electrons. The van der Waals surface area contributed by atoms with Crippen molar-refractivity contribution in [1.82, 2.24) is 9.29 Å². The van der Waals surface area contributed by atoms with Crippen LogP contribution < -0.4 is 4.90 Å². The van der Waals surface area contributed by atoms with Crippen LogP contribution >= 0.6 is 11.9 Å². The van der Waals surface area contributed by atoms with Gasteiger partial charge in [-0.25, -0.2) is 13.7 Å². The van der Waals surface area contributed by atoms with Gasteiger partial charge < -0.3 is 10.0 Å². The summed E-state index contributed by atoms with van der Waals surface area (Å²) in [4.78, 5) is 5.55. The van der Waals surface area contributed by atoms with Crippen molar-refractivity contribution in [1.29, 1.82) is 0 Å².